The number of aryl methyl sites for hydroxylation is 2. The van der Waals surface area contributed by atoms with Crippen molar-refractivity contribution in [2.75, 3.05) is 5.32 Å². The fourth-order valence-corrected chi connectivity index (χ4v) is 4.64. The first-order chi connectivity index (χ1) is 12.4. The second-order valence-corrected chi connectivity index (χ2v) is 8.79. The van der Waals surface area contributed by atoms with Crippen LogP contribution in [0.1, 0.15) is 16.1 Å². The Morgan fingerprint density at radius 1 is 1.38 bits per heavy atom. The Labute approximate surface area is 163 Å². The molecule has 1 amide bonds. The average Bonchev–Trinajstić information content (AvgIpc) is 3.29. The highest BCUT2D eigenvalue weighted by Gasteiger charge is 2.23. The Balaban J connectivity index is 1.68. The van der Waals surface area contributed by atoms with Gasteiger partial charge in [-0.15, -0.1) is 22.7 Å². The first kappa shape index (κ1) is 17.1. The van der Waals surface area contributed by atoms with Gasteiger partial charge in [0.2, 0.25) is 5.71 Å². The molecule has 0 aromatic carbocycles. The molecular formula is C16H11BrN4O3S2. The zero-order chi connectivity index (χ0) is 18.4. The fraction of sp³-hybridized carbons (Fsp3) is 0.125. The Kier molecular flexibility index (Phi) is 4.25. The number of hydrogen-bond acceptors (Lipinski definition) is 7. The number of hydrogen-bond donors (Lipinski definition) is 1. The van der Waals surface area contributed by atoms with Crippen molar-refractivity contribution in [3.63, 3.8) is 0 Å². The lowest BCUT2D eigenvalue weighted by molar-refractivity contribution is 0.102. The van der Waals surface area contributed by atoms with E-state index in [-0.39, 0.29) is 22.2 Å². The van der Waals surface area contributed by atoms with Gasteiger partial charge in [0.05, 0.1) is 19.9 Å². The van der Waals surface area contributed by atoms with Crippen LogP contribution in [0.15, 0.2) is 36.8 Å². The molecule has 0 aliphatic rings. The summed E-state index contributed by atoms with van der Waals surface area (Å²) in [7, 11) is 1.57. The van der Waals surface area contributed by atoms with E-state index in [4.69, 9.17) is 4.42 Å². The summed E-state index contributed by atoms with van der Waals surface area (Å²) in [5.41, 5.74) is 0.788. The topological polar surface area (TPSA) is 90.0 Å². The van der Waals surface area contributed by atoms with Crippen LogP contribution in [0.2, 0.25) is 0 Å². The molecule has 7 nitrogen and oxygen atoms in total. The number of furan rings is 1. The van der Waals surface area contributed by atoms with E-state index in [1.54, 1.807) is 25.3 Å². The molecule has 0 atom stereocenters. The molecule has 0 saturated heterocycles. The van der Waals surface area contributed by atoms with Gasteiger partial charge in [-0.1, -0.05) is 0 Å². The summed E-state index contributed by atoms with van der Waals surface area (Å²) in [5.74, 6) is -0.105. The van der Waals surface area contributed by atoms with Crippen LogP contribution in [-0.2, 0) is 7.05 Å². The second-order valence-electron chi connectivity index (χ2n) is 5.47. The molecule has 26 heavy (non-hydrogen) atoms. The van der Waals surface area contributed by atoms with E-state index in [2.05, 4.69) is 31.2 Å². The number of amides is 1. The van der Waals surface area contributed by atoms with Crippen molar-refractivity contribution < 1.29 is 9.21 Å². The SMILES string of the molecule is Cc1oc2ncn(C)c(=O)c2c1C(=O)Nc1nc(-c2ccc(Br)s2)cs1. The van der Waals surface area contributed by atoms with Gasteiger partial charge in [-0.2, -0.15) is 0 Å². The van der Waals surface area contributed by atoms with Crippen molar-refractivity contribution in [1.29, 1.82) is 0 Å². The molecule has 0 radical (unpaired) electrons. The van der Waals surface area contributed by atoms with Gasteiger partial charge in [-0.05, 0) is 35.0 Å². The number of nitrogens with zero attached hydrogens (tertiary/aromatic N) is 3. The summed E-state index contributed by atoms with van der Waals surface area (Å²) in [6.45, 7) is 1.63. The van der Waals surface area contributed by atoms with Crippen LogP contribution in [0.25, 0.3) is 21.7 Å². The number of rotatable bonds is 3. The van der Waals surface area contributed by atoms with Crippen LogP contribution in [0.3, 0.4) is 0 Å². The molecule has 0 fully saturated rings. The molecule has 4 aromatic rings. The van der Waals surface area contributed by atoms with Crippen molar-refractivity contribution in [3.05, 3.63) is 49.3 Å². The monoisotopic (exact) mass is 450 g/mol. The Morgan fingerprint density at radius 2 is 2.19 bits per heavy atom. The number of fused-ring (bicyclic) bond motifs is 1. The summed E-state index contributed by atoms with van der Waals surface area (Å²) < 4.78 is 7.78. The summed E-state index contributed by atoms with van der Waals surface area (Å²) in [5, 5.41) is 5.23. The van der Waals surface area contributed by atoms with E-state index in [1.807, 2.05) is 17.5 Å². The van der Waals surface area contributed by atoms with Gasteiger partial charge in [0.25, 0.3) is 11.5 Å². The maximum Gasteiger partial charge on any atom is 0.265 e. The molecule has 0 spiro atoms. The molecule has 0 saturated carbocycles. The summed E-state index contributed by atoms with van der Waals surface area (Å²) >= 11 is 6.30. The van der Waals surface area contributed by atoms with Crippen LogP contribution >= 0.6 is 38.6 Å². The van der Waals surface area contributed by atoms with E-state index >= 15 is 0 Å². The third kappa shape index (κ3) is 2.89. The number of nitrogens with one attached hydrogen (secondary N) is 1. The number of thiazole rings is 1. The zero-order valence-electron chi connectivity index (χ0n) is 13.6. The standard InChI is InChI=1S/C16H11BrN4O3S2/c1-7-11(12-14(24-7)18-6-21(2)15(12)23)13(22)20-16-19-8(5-25-16)9-3-4-10(17)26-9/h3-6H,1-2H3,(H,19,20,22). The van der Waals surface area contributed by atoms with E-state index in [1.165, 1.54) is 22.2 Å². The van der Waals surface area contributed by atoms with Crippen LogP contribution in [0.5, 0.6) is 0 Å². The number of carbonyl (C=O) groups excluding carboxylic acids is 1. The normalized spacial score (nSPS) is 11.2. The lowest BCUT2D eigenvalue weighted by Crippen LogP contribution is -2.20. The maximum atomic E-state index is 12.7. The van der Waals surface area contributed by atoms with E-state index in [9.17, 15) is 9.59 Å². The van der Waals surface area contributed by atoms with Crippen LogP contribution in [0.4, 0.5) is 5.13 Å². The van der Waals surface area contributed by atoms with E-state index in [0.717, 1.165) is 14.4 Å². The average molecular weight is 451 g/mol. The Hall–Kier alpha value is -2.30. The van der Waals surface area contributed by atoms with E-state index in [0.29, 0.717) is 10.9 Å². The smallest absolute Gasteiger partial charge is 0.265 e. The molecule has 4 rings (SSSR count). The lowest BCUT2D eigenvalue weighted by atomic mass is 10.2. The molecule has 4 heterocycles. The number of carbonyl (C=O) groups is 1. The van der Waals surface area contributed by atoms with Crippen LogP contribution < -0.4 is 10.9 Å². The van der Waals surface area contributed by atoms with Gasteiger partial charge in [0, 0.05) is 12.4 Å². The predicted octanol–water partition coefficient (Wildman–Crippen LogP) is 4.03. The molecule has 1 N–H and O–H groups in total. The first-order valence-corrected chi connectivity index (χ1v) is 9.90. The fourth-order valence-electron chi connectivity index (χ4n) is 2.52. The largest absolute Gasteiger partial charge is 0.442 e. The molecule has 4 aromatic heterocycles. The minimum atomic E-state index is -0.445. The summed E-state index contributed by atoms with van der Waals surface area (Å²) in [6.07, 6.45) is 1.36. The molecule has 10 heteroatoms. The third-order valence-corrected chi connectivity index (χ3v) is 6.13. The van der Waals surface area contributed by atoms with Crippen molar-refractivity contribution in [1.82, 2.24) is 14.5 Å². The molecule has 0 aliphatic carbocycles. The first-order valence-electron chi connectivity index (χ1n) is 7.41. The second kappa shape index (κ2) is 6.45. The van der Waals surface area contributed by atoms with Gasteiger partial charge in [-0.25, -0.2) is 9.97 Å². The number of thiophene rings is 1. The minimum Gasteiger partial charge on any atom is -0.442 e. The highest BCUT2D eigenvalue weighted by Crippen LogP contribution is 2.33. The van der Waals surface area contributed by atoms with Gasteiger partial charge < -0.3 is 8.98 Å². The van der Waals surface area contributed by atoms with Crippen molar-refractivity contribution in [2.45, 2.75) is 6.92 Å². The van der Waals surface area contributed by atoms with Crippen molar-refractivity contribution >= 4 is 60.7 Å². The number of aromatic nitrogens is 3. The van der Waals surface area contributed by atoms with Crippen molar-refractivity contribution in [3.8, 4) is 10.6 Å². The molecule has 0 aliphatic heterocycles. The number of anilines is 1. The molecule has 132 valence electrons. The Morgan fingerprint density at radius 3 is 2.92 bits per heavy atom. The highest BCUT2D eigenvalue weighted by atomic mass is 79.9. The molecule has 0 bridgehead atoms. The number of halogens is 1. The molecule has 0 unspecified atom stereocenters. The summed E-state index contributed by atoms with van der Waals surface area (Å²) in [6, 6.07) is 3.90. The van der Waals surface area contributed by atoms with Crippen molar-refractivity contribution in [2.24, 2.45) is 7.05 Å². The lowest BCUT2D eigenvalue weighted by Gasteiger charge is -2.01. The van der Waals surface area contributed by atoms with Gasteiger partial charge in [0.1, 0.15) is 17.5 Å². The van der Waals surface area contributed by atoms with Gasteiger partial charge >= 0.3 is 0 Å². The zero-order valence-corrected chi connectivity index (χ0v) is 16.8. The van der Waals surface area contributed by atoms with Gasteiger partial charge in [0.15, 0.2) is 5.13 Å². The van der Waals surface area contributed by atoms with Gasteiger partial charge in [-0.3, -0.25) is 14.9 Å². The van der Waals surface area contributed by atoms with Crippen LogP contribution in [0, 0.1) is 6.92 Å². The summed E-state index contributed by atoms with van der Waals surface area (Å²) in [4.78, 5) is 34.6. The highest BCUT2D eigenvalue weighted by molar-refractivity contribution is 9.11. The quantitative estimate of drug-likeness (QED) is 0.508. The maximum absolute atomic E-state index is 12.7. The van der Waals surface area contributed by atoms with E-state index < -0.39 is 5.91 Å². The molecular weight excluding hydrogens is 440 g/mol. The minimum absolute atomic E-state index is 0.152. The predicted molar refractivity (Wildman–Crippen MR) is 105 cm³/mol. The Bertz CT molecular complexity index is 1200. The van der Waals surface area contributed by atoms with Crippen LogP contribution in [-0.4, -0.2) is 20.4 Å². The third-order valence-electron chi connectivity index (χ3n) is 3.73.